The number of halogens is 2. The lowest BCUT2D eigenvalue weighted by molar-refractivity contribution is -0.121. The molecule has 1 unspecified atom stereocenters. The van der Waals surface area contributed by atoms with Gasteiger partial charge in [0.05, 0.1) is 6.04 Å². The average molecular weight is 362 g/mol. The Bertz CT molecular complexity index is 604. The third kappa shape index (κ3) is 5.83. The number of nitrogens with zero attached hydrogens (tertiary/aromatic N) is 1. The highest BCUT2D eigenvalue weighted by Crippen LogP contribution is 2.19. The maximum absolute atomic E-state index is 11.9. The average Bonchev–Trinajstić information content (AvgIpc) is 2.84. The minimum atomic E-state index is -0.0469. The molecule has 122 valence electrons. The van der Waals surface area contributed by atoms with Crippen molar-refractivity contribution in [3.05, 3.63) is 45.9 Å². The van der Waals surface area contributed by atoms with Crippen LogP contribution in [0.3, 0.4) is 0 Å². The van der Waals surface area contributed by atoms with Crippen molar-refractivity contribution in [2.75, 3.05) is 5.73 Å². The van der Waals surface area contributed by atoms with E-state index in [9.17, 15) is 4.79 Å². The summed E-state index contributed by atoms with van der Waals surface area (Å²) in [7, 11) is 0. The number of hydrogen-bond donors (Lipinski definition) is 2. The Morgan fingerprint density at radius 2 is 2.05 bits per heavy atom. The number of nitrogens with one attached hydrogen (secondary N) is 1. The molecule has 22 heavy (non-hydrogen) atoms. The number of aryl methyl sites for hydroxylation is 2. The van der Waals surface area contributed by atoms with Gasteiger partial charge in [0.15, 0.2) is 0 Å². The molecule has 2 aromatic rings. The van der Waals surface area contributed by atoms with Gasteiger partial charge in [-0.1, -0.05) is 18.2 Å². The second-order valence-corrected chi connectivity index (χ2v) is 6.06. The highest BCUT2D eigenvalue weighted by molar-refractivity contribution is 7.11. The Labute approximate surface area is 147 Å². The summed E-state index contributed by atoms with van der Waals surface area (Å²) in [6.45, 7) is 3.96. The van der Waals surface area contributed by atoms with Crippen molar-refractivity contribution < 1.29 is 4.79 Å². The minimum absolute atomic E-state index is 0. The zero-order valence-corrected chi connectivity index (χ0v) is 15.0. The normalized spacial score (nSPS) is 11.0. The number of para-hydroxylation sites is 1. The van der Waals surface area contributed by atoms with Crippen molar-refractivity contribution in [3.8, 4) is 0 Å². The van der Waals surface area contributed by atoms with E-state index >= 15 is 0 Å². The van der Waals surface area contributed by atoms with E-state index in [1.54, 1.807) is 11.3 Å². The standard InChI is InChI=1S/C15H19N3OS.2ClH/c1-10-9-17-15(20-10)11(2)18-14(19)8-7-12-5-3-4-6-13(12)16;;/h3-6,9,11H,7-8,16H2,1-2H3,(H,18,19);2*1H. The fraction of sp³-hybridized carbons (Fsp3) is 0.333. The first-order valence-electron chi connectivity index (χ1n) is 6.61. The topological polar surface area (TPSA) is 68.0 Å². The number of thiazole rings is 1. The Kier molecular flexibility index (Phi) is 9.09. The molecule has 0 aliphatic carbocycles. The SMILES string of the molecule is Cc1cnc(C(C)NC(=O)CCc2ccccc2N)s1.Cl.Cl. The van der Waals surface area contributed by atoms with Crippen molar-refractivity contribution in [3.63, 3.8) is 0 Å². The van der Waals surface area contributed by atoms with E-state index < -0.39 is 0 Å². The Balaban J connectivity index is 0.00000220. The van der Waals surface area contributed by atoms with E-state index in [1.165, 1.54) is 0 Å². The summed E-state index contributed by atoms with van der Waals surface area (Å²) in [6, 6.07) is 7.59. The number of carbonyl (C=O) groups is 1. The monoisotopic (exact) mass is 361 g/mol. The molecule has 0 aliphatic heterocycles. The van der Waals surface area contributed by atoms with Crippen LogP contribution in [0.15, 0.2) is 30.5 Å². The molecule has 7 heteroatoms. The third-order valence-electron chi connectivity index (χ3n) is 3.06. The van der Waals surface area contributed by atoms with E-state index in [2.05, 4.69) is 10.3 Å². The number of benzene rings is 1. The summed E-state index contributed by atoms with van der Waals surface area (Å²) in [6.07, 6.45) is 2.92. The molecule has 3 N–H and O–H groups in total. The van der Waals surface area contributed by atoms with E-state index in [1.807, 2.05) is 44.3 Å². The van der Waals surface area contributed by atoms with Gasteiger partial charge in [-0.25, -0.2) is 4.98 Å². The van der Waals surface area contributed by atoms with Gasteiger partial charge in [0.25, 0.3) is 0 Å². The highest BCUT2D eigenvalue weighted by Gasteiger charge is 2.12. The first-order valence-corrected chi connectivity index (χ1v) is 7.43. The van der Waals surface area contributed by atoms with Crippen LogP contribution in [0.5, 0.6) is 0 Å². The summed E-state index contributed by atoms with van der Waals surface area (Å²) in [5, 5.41) is 3.91. The molecule has 1 aromatic heterocycles. The van der Waals surface area contributed by atoms with Gasteiger partial charge in [-0.2, -0.15) is 0 Å². The van der Waals surface area contributed by atoms with Crippen LogP contribution in [0.25, 0.3) is 0 Å². The molecule has 4 nitrogen and oxygen atoms in total. The summed E-state index contributed by atoms with van der Waals surface area (Å²) in [5.74, 6) is 0.0219. The zero-order chi connectivity index (χ0) is 14.5. The number of aromatic nitrogens is 1. The molecule has 0 saturated heterocycles. The van der Waals surface area contributed by atoms with Gasteiger partial charge in [-0.15, -0.1) is 36.2 Å². The van der Waals surface area contributed by atoms with Gasteiger partial charge in [0.2, 0.25) is 5.91 Å². The van der Waals surface area contributed by atoms with E-state index in [0.717, 1.165) is 21.1 Å². The summed E-state index contributed by atoms with van der Waals surface area (Å²) in [4.78, 5) is 17.4. The summed E-state index contributed by atoms with van der Waals surface area (Å²) < 4.78 is 0. The second kappa shape index (κ2) is 9.66. The predicted octanol–water partition coefficient (Wildman–Crippen LogP) is 3.69. The molecule has 2 rings (SSSR count). The van der Waals surface area contributed by atoms with E-state index in [-0.39, 0.29) is 36.8 Å². The molecule has 0 radical (unpaired) electrons. The number of carbonyl (C=O) groups excluding carboxylic acids is 1. The number of anilines is 1. The molecule has 0 fully saturated rings. The lowest BCUT2D eigenvalue weighted by atomic mass is 10.1. The molecule has 1 aromatic carbocycles. The maximum Gasteiger partial charge on any atom is 0.220 e. The molecular formula is C15H21Cl2N3OS. The smallest absolute Gasteiger partial charge is 0.220 e. The first-order chi connectivity index (χ1) is 9.56. The quantitative estimate of drug-likeness (QED) is 0.797. The van der Waals surface area contributed by atoms with Crippen LogP contribution < -0.4 is 11.1 Å². The van der Waals surface area contributed by atoms with Gasteiger partial charge in [-0.3, -0.25) is 4.79 Å². The molecule has 1 atom stereocenters. The number of hydrogen-bond acceptors (Lipinski definition) is 4. The van der Waals surface area contributed by atoms with E-state index in [4.69, 9.17) is 5.73 Å². The predicted molar refractivity (Wildman–Crippen MR) is 97.1 cm³/mol. The minimum Gasteiger partial charge on any atom is -0.399 e. The fourth-order valence-electron chi connectivity index (χ4n) is 1.96. The number of nitrogen functional groups attached to an aromatic ring is 1. The molecule has 1 amide bonds. The van der Waals surface area contributed by atoms with Gasteiger partial charge >= 0.3 is 0 Å². The highest BCUT2D eigenvalue weighted by atomic mass is 35.5. The van der Waals surface area contributed by atoms with Crippen molar-refractivity contribution in [2.24, 2.45) is 0 Å². The summed E-state index contributed by atoms with van der Waals surface area (Å²) >= 11 is 1.61. The van der Waals surface area contributed by atoms with Crippen LogP contribution in [-0.2, 0) is 11.2 Å². The largest absolute Gasteiger partial charge is 0.399 e. The number of rotatable bonds is 5. The lowest BCUT2D eigenvalue weighted by Crippen LogP contribution is -2.26. The molecule has 0 saturated carbocycles. The van der Waals surface area contributed by atoms with Gasteiger partial charge < -0.3 is 11.1 Å². The maximum atomic E-state index is 11.9. The van der Waals surface area contributed by atoms with Crippen molar-refractivity contribution in [1.29, 1.82) is 0 Å². The lowest BCUT2D eigenvalue weighted by Gasteiger charge is -2.11. The van der Waals surface area contributed by atoms with Gasteiger partial charge in [0, 0.05) is 23.2 Å². The Morgan fingerprint density at radius 1 is 1.36 bits per heavy atom. The molecule has 0 aliphatic rings. The van der Waals surface area contributed by atoms with Crippen molar-refractivity contribution in [1.82, 2.24) is 10.3 Å². The first kappa shape index (κ1) is 20.7. The fourth-order valence-corrected chi connectivity index (χ4v) is 2.73. The molecule has 1 heterocycles. The zero-order valence-electron chi connectivity index (χ0n) is 12.5. The second-order valence-electron chi connectivity index (χ2n) is 4.80. The number of amides is 1. The van der Waals surface area contributed by atoms with Crippen LogP contribution in [0, 0.1) is 6.92 Å². The Hall–Kier alpha value is -1.30. The summed E-state index contributed by atoms with van der Waals surface area (Å²) in [5.41, 5.74) is 7.62. The van der Waals surface area contributed by atoms with E-state index in [0.29, 0.717) is 12.8 Å². The van der Waals surface area contributed by atoms with Crippen LogP contribution >= 0.6 is 36.2 Å². The molecule has 0 spiro atoms. The number of nitrogens with two attached hydrogens (primary N) is 1. The van der Waals surface area contributed by atoms with Crippen molar-refractivity contribution in [2.45, 2.75) is 32.7 Å². The molecule has 0 bridgehead atoms. The third-order valence-corrected chi connectivity index (χ3v) is 4.16. The van der Waals surface area contributed by atoms with Crippen LogP contribution in [-0.4, -0.2) is 10.9 Å². The van der Waals surface area contributed by atoms with Gasteiger partial charge in [-0.05, 0) is 31.9 Å². The van der Waals surface area contributed by atoms with Crippen LogP contribution in [0.4, 0.5) is 5.69 Å². The molecular weight excluding hydrogens is 341 g/mol. The van der Waals surface area contributed by atoms with Crippen molar-refractivity contribution >= 4 is 47.7 Å². The van der Waals surface area contributed by atoms with Crippen LogP contribution in [0.1, 0.15) is 34.8 Å². The van der Waals surface area contributed by atoms with Crippen LogP contribution in [0.2, 0.25) is 0 Å². The Morgan fingerprint density at radius 3 is 2.64 bits per heavy atom. The van der Waals surface area contributed by atoms with Gasteiger partial charge in [0.1, 0.15) is 5.01 Å².